The molecular weight excluding hydrogens is 373 g/mol. The summed E-state index contributed by atoms with van der Waals surface area (Å²) in [6, 6.07) is 14.6. The molecule has 0 bridgehead atoms. The van der Waals surface area contributed by atoms with Gasteiger partial charge in [0.2, 0.25) is 11.8 Å². The van der Waals surface area contributed by atoms with Crippen molar-refractivity contribution in [2.45, 2.75) is 6.04 Å². The molecule has 2 amide bonds. The highest BCUT2D eigenvalue weighted by Gasteiger charge is 2.28. The lowest BCUT2D eigenvalue weighted by molar-refractivity contribution is -0.137. The molecule has 0 aliphatic carbocycles. The van der Waals surface area contributed by atoms with Crippen LogP contribution in [0.2, 0.25) is 0 Å². The second kappa shape index (κ2) is 9.84. The van der Waals surface area contributed by atoms with E-state index >= 15 is 0 Å². The number of piperazine rings is 1. The Bertz CT molecular complexity index is 847. The van der Waals surface area contributed by atoms with Crippen molar-refractivity contribution in [3.05, 3.63) is 72.1 Å². The summed E-state index contributed by atoms with van der Waals surface area (Å²) >= 11 is 0. The second-order valence-electron chi connectivity index (χ2n) is 6.78. The molecule has 1 atom stereocenters. The number of anilines is 1. The highest BCUT2D eigenvalue weighted by molar-refractivity contribution is 5.95. The van der Waals surface area contributed by atoms with Gasteiger partial charge in [0.25, 0.3) is 0 Å². The van der Waals surface area contributed by atoms with Crippen LogP contribution in [0.25, 0.3) is 6.08 Å². The first-order valence-electron chi connectivity index (χ1n) is 9.50. The lowest BCUT2D eigenvalue weighted by Crippen LogP contribution is -2.56. The molecule has 2 N–H and O–H groups in total. The molecule has 1 saturated heterocycles. The van der Waals surface area contributed by atoms with E-state index in [4.69, 9.17) is 0 Å². The number of rotatable bonds is 6. The van der Waals surface area contributed by atoms with Crippen LogP contribution in [0.4, 0.5) is 10.1 Å². The third kappa shape index (κ3) is 5.65. The fraction of sp³-hybridized carbons (Fsp3) is 0.273. The third-order valence-electron chi connectivity index (χ3n) is 4.81. The van der Waals surface area contributed by atoms with E-state index in [1.54, 1.807) is 23.1 Å². The minimum absolute atomic E-state index is 0.287. The Hall–Kier alpha value is -3.19. The largest absolute Gasteiger partial charge is 0.394 e. The van der Waals surface area contributed by atoms with Gasteiger partial charge in [0.1, 0.15) is 11.9 Å². The predicted octanol–water partition coefficient (Wildman–Crippen LogP) is 1.66. The Morgan fingerprint density at radius 1 is 1.03 bits per heavy atom. The monoisotopic (exact) mass is 397 g/mol. The molecule has 2 aromatic carbocycles. The zero-order chi connectivity index (χ0) is 20.6. The lowest BCUT2D eigenvalue weighted by atomic mass is 10.2. The maximum absolute atomic E-state index is 13.1. The molecule has 1 aliphatic rings. The van der Waals surface area contributed by atoms with E-state index < -0.39 is 18.6 Å². The number of hydrogen-bond donors (Lipinski definition) is 2. The number of aliphatic hydroxyl groups is 1. The highest BCUT2D eigenvalue weighted by Crippen LogP contribution is 2.17. The van der Waals surface area contributed by atoms with Crippen molar-refractivity contribution < 1.29 is 19.1 Å². The Balaban J connectivity index is 1.52. The number of aliphatic hydroxyl groups excluding tert-OH is 1. The normalized spacial score (nSPS) is 15.4. The lowest BCUT2D eigenvalue weighted by Gasteiger charge is -2.37. The number of carbonyl (C=O) groups excluding carboxylic acids is 2. The molecule has 29 heavy (non-hydrogen) atoms. The summed E-state index contributed by atoms with van der Waals surface area (Å²) in [6.45, 7) is 1.64. The molecule has 2 aromatic rings. The summed E-state index contributed by atoms with van der Waals surface area (Å²) in [5.74, 6) is -1.04. The number of halogens is 1. The summed E-state index contributed by atoms with van der Waals surface area (Å²) in [4.78, 5) is 28.5. The number of benzene rings is 2. The van der Waals surface area contributed by atoms with Crippen molar-refractivity contribution in [1.82, 2.24) is 10.2 Å². The van der Waals surface area contributed by atoms with Crippen molar-refractivity contribution in [2.75, 3.05) is 37.7 Å². The van der Waals surface area contributed by atoms with Crippen molar-refractivity contribution in [3.63, 3.8) is 0 Å². The molecule has 0 radical (unpaired) electrons. The molecule has 0 saturated carbocycles. The van der Waals surface area contributed by atoms with Gasteiger partial charge in [-0.15, -0.1) is 0 Å². The van der Waals surface area contributed by atoms with Crippen molar-refractivity contribution in [2.24, 2.45) is 0 Å². The van der Waals surface area contributed by atoms with Crippen molar-refractivity contribution in [3.8, 4) is 0 Å². The number of hydrogen-bond acceptors (Lipinski definition) is 4. The molecule has 152 valence electrons. The van der Waals surface area contributed by atoms with E-state index in [1.165, 1.54) is 18.2 Å². The highest BCUT2D eigenvalue weighted by atomic mass is 19.1. The average molecular weight is 397 g/mol. The molecule has 3 rings (SSSR count). The molecule has 0 spiro atoms. The first kappa shape index (κ1) is 20.5. The van der Waals surface area contributed by atoms with Crippen LogP contribution in [-0.2, 0) is 9.59 Å². The van der Waals surface area contributed by atoms with Gasteiger partial charge in [0.05, 0.1) is 6.61 Å². The Morgan fingerprint density at radius 2 is 1.69 bits per heavy atom. The SMILES string of the molecule is O=C(C=Cc1ccccc1)NC(CO)C(=O)N1CCN(c2ccc(F)cc2)CC1. The standard InChI is InChI=1S/C22H24FN3O3/c23-18-7-9-19(10-8-18)25-12-14-26(15-13-25)22(29)20(16-27)24-21(28)11-6-17-4-2-1-3-5-17/h1-11,20,27H,12-16H2,(H,24,28). The predicted molar refractivity (Wildman–Crippen MR) is 110 cm³/mol. The van der Waals surface area contributed by atoms with Crippen LogP contribution in [0.5, 0.6) is 0 Å². The number of carbonyl (C=O) groups is 2. The van der Waals surface area contributed by atoms with Gasteiger partial charge in [0, 0.05) is 37.9 Å². The maximum atomic E-state index is 13.1. The van der Waals surface area contributed by atoms with Gasteiger partial charge < -0.3 is 20.2 Å². The van der Waals surface area contributed by atoms with Gasteiger partial charge in [-0.3, -0.25) is 9.59 Å². The second-order valence-corrected chi connectivity index (χ2v) is 6.78. The van der Waals surface area contributed by atoms with E-state index in [0.29, 0.717) is 26.2 Å². The van der Waals surface area contributed by atoms with Gasteiger partial charge in [-0.05, 0) is 35.9 Å². The van der Waals surface area contributed by atoms with Crippen LogP contribution in [0.15, 0.2) is 60.7 Å². The van der Waals surface area contributed by atoms with Gasteiger partial charge >= 0.3 is 0 Å². The van der Waals surface area contributed by atoms with Crippen LogP contribution in [-0.4, -0.2) is 60.6 Å². The van der Waals surface area contributed by atoms with Crippen LogP contribution in [0.1, 0.15) is 5.56 Å². The Kier molecular flexibility index (Phi) is 6.97. The minimum Gasteiger partial charge on any atom is -0.394 e. The van der Waals surface area contributed by atoms with E-state index in [-0.39, 0.29) is 11.7 Å². The van der Waals surface area contributed by atoms with Gasteiger partial charge in [-0.2, -0.15) is 0 Å². The van der Waals surface area contributed by atoms with Gasteiger partial charge in [0.15, 0.2) is 0 Å². The molecule has 1 heterocycles. The van der Waals surface area contributed by atoms with Crippen LogP contribution in [0.3, 0.4) is 0 Å². The first-order chi connectivity index (χ1) is 14.1. The molecular formula is C22H24FN3O3. The van der Waals surface area contributed by atoms with Gasteiger partial charge in [-0.25, -0.2) is 4.39 Å². The fourth-order valence-corrected chi connectivity index (χ4v) is 3.20. The number of nitrogens with zero attached hydrogens (tertiary/aromatic N) is 2. The van der Waals surface area contributed by atoms with E-state index in [0.717, 1.165) is 11.3 Å². The van der Waals surface area contributed by atoms with Crippen LogP contribution in [0, 0.1) is 5.82 Å². The topological polar surface area (TPSA) is 72.9 Å². The smallest absolute Gasteiger partial charge is 0.247 e. The third-order valence-corrected chi connectivity index (χ3v) is 4.81. The number of amides is 2. The van der Waals surface area contributed by atoms with E-state index in [2.05, 4.69) is 10.2 Å². The maximum Gasteiger partial charge on any atom is 0.247 e. The van der Waals surface area contributed by atoms with Crippen LogP contribution >= 0.6 is 0 Å². The summed E-state index contributed by atoms with van der Waals surface area (Å²) in [5, 5.41) is 12.1. The molecule has 6 nitrogen and oxygen atoms in total. The minimum atomic E-state index is -0.986. The molecule has 1 unspecified atom stereocenters. The molecule has 1 fully saturated rings. The van der Waals surface area contributed by atoms with Crippen molar-refractivity contribution in [1.29, 1.82) is 0 Å². The van der Waals surface area contributed by atoms with Crippen LogP contribution < -0.4 is 10.2 Å². The van der Waals surface area contributed by atoms with E-state index in [1.807, 2.05) is 30.3 Å². The molecule has 0 aromatic heterocycles. The zero-order valence-electron chi connectivity index (χ0n) is 16.0. The number of nitrogens with one attached hydrogen (secondary N) is 1. The molecule has 1 aliphatic heterocycles. The summed E-state index contributed by atoms with van der Waals surface area (Å²) in [6.07, 6.45) is 2.99. The summed E-state index contributed by atoms with van der Waals surface area (Å²) in [5.41, 5.74) is 1.77. The van der Waals surface area contributed by atoms with E-state index in [9.17, 15) is 19.1 Å². The Labute approximate surface area is 169 Å². The fourth-order valence-electron chi connectivity index (χ4n) is 3.20. The average Bonchev–Trinajstić information content (AvgIpc) is 2.77. The Morgan fingerprint density at radius 3 is 2.31 bits per heavy atom. The van der Waals surface area contributed by atoms with Crippen molar-refractivity contribution >= 4 is 23.6 Å². The summed E-state index contributed by atoms with van der Waals surface area (Å²) in [7, 11) is 0. The zero-order valence-corrected chi connectivity index (χ0v) is 16.0. The quantitative estimate of drug-likeness (QED) is 0.728. The van der Waals surface area contributed by atoms with Gasteiger partial charge in [-0.1, -0.05) is 30.3 Å². The summed E-state index contributed by atoms with van der Waals surface area (Å²) < 4.78 is 13.1. The first-order valence-corrected chi connectivity index (χ1v) is 9.50. The molecule has 7 heteroatoms.